The molecule has 0 aliphatic carbocycles. The fourth-order valence-corrected chi connectivity index (χ4v) is 14.1. The zero-order chi connectivity index (χ0) is 55.5. The summed E-state index contributed by atoms with van der Waals surface area (Å²) in [5.41, 5.74) is 2.41. The maximum Gasteiger partial charge on any atom is 0.192 e. The molecule has 0 amide bonds. The van der Waals surface area contributed by atoms with Gasteiger partial charge in [0.15, 0.2) is 39.1 Å². The lowest BCUT2D eigenvalue weighted by atomic mass is 9.72. The van der Waals surface area contributed by atoms with Gasteiger partial charge in [-0.2, -0.15) is 5.26 Å². The molecule has 2 heterocycles. The minimum atomic E-state index is -2.40. The van der Waals surface area contributed by atoms with E-state index in [1.807, 2.05) is 19.1 Å². The zero-order valence-electron chi connectivity index (χ0n) is 51.2. The highest BCUT2D eigenvalue weighted by molar-refractivity contribution is 6.75. The van der Waals surface area contributed by atoms with E-state index >= 15 is 0 Å². The third-order valence-corrected chi connectivity index (χ3v) is 36.7. The van der Waals surface area contributed by atoms with Crippen LogP contribution < -0.4 is 0 Å². The van der Waals surface area contributed by atoms with E-state index in [2.05, 4.69) is 202 Å². The van der Waals surface area contributed by atoms with Crippen LogP contribution in [0.25, 0.3) is 0 Å². The third-order valence-electron chi connectivity index (χ3n) is 18.6. The maximum atomic E-state index is 12.8. The molecule has 2 aliphatic heterocycles. The average molecular weight is 1060 g/mol. The molecular weight excluding hydrogens is 951 g/mol. The standard InChI is InChI=1S/C58H111NO8Si4/c1-40(33-35-59)31-30-32-41(2)42(3)37-43(4)50(67-71(28,29)56(16,17)18)45(6)47(65-69(24,25)54(10,11)12)38-48(61-21)51-52(60)57(19,20)58(64-51)39-49(66-70(26,27)55(13,14)15)44(5)46(63-58)34-36-62-68(22,23)53(7,8)9/h30-33,37,43-52,60H,34,36,38-39H2,1-29H3/b31-30+,40-33-,41-32+,42-37+/t43-,44-,45+,46+,47+,48+,49-,50-,51-,52+,58-/m1/s1. The molecule has 0 bridgehead atoms. The number of allylic oxidation sites excluding steroid dienone is 7. The number of methoxy groups -OCH3 is 1. The van der Waals surface area contributed by atoms with Crippen LogP contribution in [0.2, 0.25) is 72.5 Å². The summed E-state index contributed by atoms with van der Waals surface area (Å²) in [5, 5.41) is 21.9. The fourth-order valence-electron chi connectivity index (χ4n) is 8.79. The van der Waals surface area contributed by atoms with Crippen LogP contribution in [0.1, 0.15) is 158 Å². The second kappa shape index (κ2) is 24.1. The van der Waals surface area contributed by atoms with Crippen LogP contribution in [0.5, 0.6) is 0 Å². The Balaban J connectivity index is 2.82. The molecule has 13 heteroatoms. The Hall–Kier alpha value is -1.00. The topological polar surface area (TPSA) is 109 Å². The molecule has 0 aromatic heterocycles. The van der Waals surface area contributed by atoms with Crippen molar-refractivity contribution in [1.82, 2.24) is 0 Å². The number of aliphatic hydroxyl groups is 1. The van der Waals surface area contributed by atoms with Crippen LogP contribution in [-0.4, -0.2) is 101 Å². The quantitative estimate of drug-likeness (QED) is 0.0683. The van der Waals surface area contributed by atoms with Crippen molar-refractivity contribution in [2.24, 2.45) is 23.2 Å². The first-order chi connectivity index (χ1) is 31.8. The highest BCUT2D eigenvalue weighted by Gasteiger charge is 2.67. The van der Waals surface area contributed by atoms with Crippen LogP contribution >= 0.6 is 0 Å². The van der Waals surface area contributed by atoms with Crippen molar-refractivity contribution in [3.63, 3.8) is 0 Å². The second-order valence-electron chi connectivity index (χ2n) is 28.6. The highest BCUT2D eigenvalue weighted by atomic mass is 28.4. The van der Waals surface area contributed by atoms with Gasteiger partial charge >= 0.3 is 0 Å². The molecule has 11 atom stereocenters. The molecular formula is C58H111NO8Si4. The molecule has 71 heavy (non-hydrogen) atoms. The second-order valence-corrected chi connectivity index (χ2v) is 47.7. The van der Waals surface area contributed by atoms with Gasteiger partial charge < -0.3 is 37.0 Å². The Bertz CT molecular complexity index is 1900. The average Bonchev–Trinajstić information content (AvgIpc) is 3.37. The number of hydrogen-bond donors (Lipinski definition) is 1. The minimum Gasteiger partial charge on any atom is -0.417 e. The molecule has 0 unspecified atom stereocenters. The number of ether oxygens (including phenoxy) is 3. The number of nitrogens with zero attached hydrogens (tertiary/aromatic N) is 1. The summed E-state index contributed by atoms with van der Waals surface area (Å²) in [7, 11) is -7.24. The summed E-state index contributed by atoms with van der Waals surface area (Å²) in [6.07, 6.45) is 8.71. The van der Waals surface area contributed by atoms with E-state index in [0.717, 1.165) is 11.1 Å². The number of hydrogen-bond acceptors (Lipinski definition) is 9. The van der Waals surface area contributed by atoms with Gasteiger partial charge in [0.05, 0.1) is 42.7 Å². The van der Waals surface area contributed by atoms with Crippen molar-refractivity contribution < 1.29 is 37.0 Å². The van der Waals surface area contributed by atoms with Gasteiger partial charge in [-0.25, -0.2) is 0 Å². The van der Waals surface area contributed by atoms with Crippen molar-refractivity contribution in [1.29, 1.82) is 5.26 Å². The van der Waals surface area contributed by atoms with Crippen molar-refractivity contribution in [3.05, 3.63) is 47.1 Å². The van der Waals surface area contributed by atoms with Crippen LogP contribution in [0.15, 0.2) is 47.1 Å². The molecule has 0 aromatic rings. The van der Waals surface area contributed by atoms with E-state index < -0.39 is 62.8 Å². The van der Waals surface area contributed by atoms with Crippen LogP contribution in [-0.2, 0) is 31.9 Å². The van der Waals surface area contributed by atoms with E-state index in [4.69, 9.17) is 37.2 Å². The van der Waals surface area contributed by atoms with Crippen molar-refractivity contribution in [3.8, 4) is 6.07 Å². The van der Waals surface area contributed by atoms with Crippen molar-refractivity contribution in [2.75, 3.05) is 13.7 Å². The number of rotatable bonds is 21. The molecule has 2 aliphatic rings. The van der Waals surface area contributed by atoms with Crippen LogP contribution in [0, 0.1) is 34.5 Å². The molecule has 2 fully saturated rings. The zero-order valence-corrected chi connectivity index (χ0v) is 55.2. The molecule has 2 saturated heterocycles. The van der Waals surface area contributed by atoms with Crippen molar-refractivity contribution in [2.45, 2.75) is 279 Å². The maximum absolute atomic E-state index is 12.8. The predicted molar refractivity (Wildman–Crippen MR) is 310 cm³/mol. The van der Waals surface area contributed by atoms with Crippen LogP contribution in [0.3, 0.4) is 0 Å². The van der Waals surface area contributed by atoms with E-state index in [0.29, 0.717) is 25.9 Å². The highest BCUT2D eigenvalue weighted by Crippen LogP contribution is 2.56. The summed E-state index contributed by atoms with van der Waals surface area (Å²) in [6.45, 7) is 64.0. The first kappa shape index (κ1) is 66.1. The summed E-state index contributed by atoms with van der Waals surface area (Å²) in [5.74, 6) is -1.11. The summed E-state index contributed by atoms with van der Waals surface area (Å²) >= 11 is 0. The van der Waals surface area contributed by atoms with Gasteiger partial charge in [0.25, 0.3) is 0 Å². The number of nitriles is 1. The Labute approximate surface area is 442 Å². The van der Waals surface area contributed by atoms with Gasteiger partial charge in [-0.05, 0) is 117 Å². The lowest BCUT2D eigenvalue weighted by Gasteiger charge is -2.53. The van der Waals surface area contributed by atoms with Gasteiger partial charge in [0, 0.05) is 49.9 Å². The minimum absolute atomic E-state index is 0.00520. The Morgan fingerprint density at radius 2 is 1.28 bits per heavy atom. The Kier molecular flexibility index (Phi) is 22.5. The van der Waals surface area contributed by atoms with Gasteiger partial charge in [0.1, 0.15) is 6.10 Å². The van der Waals surface area contributed by atoms with Crippen molar-refractivity contribution >= 4 is 33.3 Å². The van der Waals surface area contributed by atoms with Gasteiger partial charge in [-0.1, -0.05) is 148 Å². The Morgan fingerprint density at radius 1 is 0.775 bits per heavy atom. The molecule has 9 nitrogen and oxygen atoms in total. The number of aliphatic hydroxyl groups excluding tert-OH is 1. The van der Waals surface area contributed by atoms with Gasteiger partial charge in [-0.3, -0.25) is 0 Å². The molecule has 0 aromatic carbocycles. The normalized spacial score (nSPS) is 27.2. The summed E-state index contributed by atoms with van der Waals surface area (Å²) < 4.78 is 50.8. The lowest BCUT2D eigenvalue weighted by Crippen LogP contribution is -2.60. The molecule has 1 spiro atoms. The molecule has 2 rings (SSSR count). The van der Waals surface area contributed by atoms with E-state index in [-0.39, 0.29) is 62.3 Å². The first-order valence-electron chi connectivity index (χ1n) is 27.1. The van der Waals surface area contributed by atoms with E-state index in [1.165, 1.54) is 5.57 Å². The fraction of sp³-hybridized carbons (Fsp3) is 0.845. The molecule has 1 N–H and O–H groups in total. The molecule has 0 saturated carbocycles. The monoisotopic (exact) mass is 1060 g/mol. The smallest absolute Gasteiger partial charge is 0.192 e. The molecule has 0 radical (unpaired) electrons. The Morgan fingerprint density at radius 3 is 1.76 bits per heavy atom. The molecule has 412 valence electrons. The summed E-state index contributed by atoms with van der Waals surface area (Å²) in [4.78, 5) is 0. The largest absolute Gasteiger partial charge is 0.417 e. The van der Waals surface area contributed by atoms with Gasteiger partial charge in [-0.15, -0.1) is 0 Å². The van der Waals surface area contributed by atoms with E-state index in [1.54, 1.807) is 13.2 Å². The first-order valence-corrected chi connectivity index (χ1v) is 38.7. The SMILES string of the molecule is CO[C@@H](C[C@H](O[Si](C)(C)C(C)(C)C)[C@H](C)[C@H](O[Si](C)(C)C(C)(C)C)[C@H](C)/C=C(C)/C(C)=C/C=C/C(C)=C\C#N)[C@H]1O[C@]2(C[C@@H](O[Si](C)(C)C(C)(C)C)[C@H](C)[C@H](CCO[Si](C)(C)C(C)(C)C)O2)C(C)(C)[C@H]1O. The van der Waals surface area contributed by atoms with Crippen LogP contribution in [0.4, 0.5) is 0 Å². The van der Waals surface area contributed by atoms with E-state index in [9.17, 15) is 5.11 Å². The van der Waals surface area contributed by atoms with Gasteiger partial charge in [0.2, 0.25) is 0 Å². The summed E-state index contributed by atoms with van der Waals surface area (Å²) in [6, 6.07) is 2.11. The lowest BCUT2D eigenvalue weighted by molar-refractivity contribution is -0.335. The third kappa shape index (κ3) is 16.3. The predicted octanol–water partition coefficient (Wildman–Crippen LogP) is 16.1.